The van der Waals surface area contributed by atoms with Crippen molar-refractivity contribution in [1.82, 2.24) is 0 Å². The number of aryl methyl sites for hydroxylation is 1. The summed E-state index contributed by atoms with van der Waals surface area (Å²) < 4.78 is 10.7. The van der Waals surface area contributed by atoms with Gasteiger partial charge in [-0.1, -0.05) is 46.5 Å². The third-order valence-corrected chi connectivity index (χ3v) is 4.19. The topological polar surface area (TPSA) is 76.0 Å². The molecule has 5 nitrogen and oxygen atoms in total. The maximum Gasteiger partial charge on any atom is 0.511 e. The summed E-state index contributed by atoms with van der Waals surface area (Å²) in [5.74, 6) is 0.156. The van der Waals surface area contributed by atoms with Gasteiger partial charge in [0.1, 0.15) is 0 Å². The van der Waals surface area contributed by atoms with Crippen molar-refractivity contribution in [3.05, 3.63) is 17.2 Å². The predicted octanol–water partition coefficient (Wildman–Crippen LogP) is 5.70. The molecule has 1 aromatic rings. The van der Waals surface area contributed by atoms with Crippen molar-refractivity contribution in [2.24, 2.45) is 0 Å². The molecule has 1 rings (SSSR count). The van der Waals surface area contributed by atoms with Crippen molar-refractivity contribution in [1.29, 1.82) is 0 Å². The lowest BCUT2D eigenvalue weighted by Gasteiger charge is -2.19. The molecule has 0 heterocycles. The minimum atomic E-state index is -1.44. The molecule has 2 N–H and O–H groups in total. The lowest BCUT2D eigenvalue weighted by atomic mass is 9.96. The number of benzene rings is 1. The smallest absolute Gasteiger partial charge is 0.502 e. The van der Waals surface area contributed by atoms with Gasteiger partial charge in [-0.2, -0.15) is 0 Å². The van der Waals surface area contributed by atoms with Crippen LogP contribution in [0.25, 0.3) is 0 Å². The van der Waals surface area contributed by atoms with E-state index in [0.29, 0.717) is 12.4 Å². The van der Waals surface area contributed by atoms with Crippen LogP contribution in [0.1, 0.15) is 76.8 Å². The molecule has 0 aliphatic rings. The van der Waals surface area contributed by atoms with E-state index in [1.54, 1.807) is 6.07 Å². The molecule has 0 aliphatic heterocycles. The minimum Gasteiger partial charge on any atom is -0.502 e. The van der Waals surface area contributed by atoms with Crippen LogP contribution >= 0.6 is 0 Å². The van der Waals surface area contributed by atoms with Crippen LogP contribution in [0.15, 0.2) is 6.07 Å². The number of phenolic OH excluding ortho intramolecular Hbond substituents is 1. The summed E-state index contributed by atoms with van der Waals surface area (Å²) in [4.78, 5) is 10.9. The lowest BCUT2D eigenvalue weighted by molar-refractivity contribution is 0.142. The molecule has 5 heteroatoms. The Balaban J connectivity index is 3.23. The van der Waals surface area contributed by atoms with Gasteiger partial charge < -0.3 is 19.7 Å². The van der Waals surface area contributed by atoms with E-state index in [9.17, 15) is 9.90 Å². The fraction of sp³-hybridized carbons (Fsp3) is 0.650. The summed E-state index contributed by atoms with van der Waals surface area (Å²) in [5, 5.41) is 19.4. The molecule has 0 saturated carbocycles. The van der Waals surface area contributed by atoms with Crippen LogP contribution in [0.5, 0.6) is 17.2 Å². The molecule has 0 fully saturated rings. The van der Waals surface area contributed by atoms with Gasteiger partial charge >= 0.3 is 6.16 Å². The second kappa shape index (κ2) is 11.6. The second-order valence-electron chi connectivity index (χ2n) is 6.32. The fourth-order valence-corrected chi connectivity index (χ4v) is 2.79. The molecule has 0 saturated heterocycles. The molecule has 0 bridgehead atoms. The average Bonchev–Trinajstić information content (AvgIpc) is 2.58. The Kier molecular flexibility index (Phi) is 9.81. The number of ether oxygens (including phenoxy) is 2. The lowest BCUT2D eigenvalue weighted by Crippen LogP contribution is -2.08. The molecule has 142 valence electrons. The Morgan fingerprint density at radius 2 is 1.64 bits per heavy atom. The van der Waals surface area contributed by atoms with Gasteiger partial charge in [0.15, 0.2) is 11.5 Å². The van der Waals surface area contributed by atoms with Crippen LogP contribution in [-0.2, 0) is 12.8 Å². The molecule has 0 unspecified atom stereocenters. The summed E-state index contributed by atoms with van der Waals surface area (Å²) in [6.45, 7) is 6.86. The van der Waals surface area contributed by atoms with Crippen LogP contribution in [0, 0.1) is 0 Å². The summed E-state index contributed by atoms with van der Waals surface area (Å²) >= 11 is 0. The van der Waals surface area contributed by atoms with Gasteiger partial charge in [0, 0.05) is 5.56 Å². The van der Waals surface area contributed by atoms with Crippen molar-refractivity contribution in [2.75, 3.05) is 6.61 Å². The van der Waals surface area contributed by atoms with E-state index in [2.05, 4.69) is 20.8 Å². The van der Waals surface area contributed by atoms with Crippen molar-refractivity contribution in [3.8, 4) is 17.2 Å². The van der Waals surface area contributed by atoms with Crippen LogP contribution < -0.4 is 9.47 Å². The highest BCUT2D eigenvalue weighted by atomic mass is 16.7. The van der Waals surface area contributed by atoms with E-state index in [1.807, 2.05) is 0 Å². The molecule has 0 aromatic heterocycles. The fourth-order valence-electron chi connectivity index (χ4n) is 2.79. The maximum absolute atomic E-state index is 10.9. The van der Waals surface area contributed by atoms with Gasteiger partial charge in [0.25, 0.3) is 0 Å². The van der Waals surface area contributed by atoms with E-state index in [0.717, 1.165) is 68.9 Å². The molecule has 0 spiro atoms. The van der Waals surface area contributed by atoms with E-state index >= 15 is 0 Å². The van der Waals surface area contributed by atoms with E-state index in [1.165, 1.54) is 0 Å². The van der Waals surface area contributed by atoms with E-state index < -0.39 is 6.16 Å². The van der Waals surface area contributed by atoms with Crippen LogP contribution in [0.3, 0.4) is 0 Å². The number of rotatable bonds is 12. The third-order valence-electron chi connectivity index (χ3n) is 4.19. The molecular weight excluding hydrogens is 320 g/mol. The number of aromatic hydroxyl groups is 1. The quantitative estimate of drug-likeness (QED) is 0.286. The first-order valence-corrected chi connectivity index (χ1v) is 9.46. The number of hydrogen-bond donors (Lipinski definition) is 2. The van der Waals surface area contributed by atoms with Crippen LogP contribution in [0.4, 0.5) is 4.79 Å². The SMILES string of the molecule is CCCCCOc1c(O)c(OC(=O)O)cc(CCCC)c1CCCC. The van der Waals surface area contributed by atoms with Crippen molar-refractivity contribution in [3.63, 3.8) is 0 Å². The molecule has 0 aliphatic carbocycles. The monoisotopic (exact) mass is 352 g/mol. The van der Waals surface area contributed by atoms with Gasteiger partial charge in [0.05, 0.1) is 6.61 Å². The average molecular weight is 352 g/mol. The van der Waals surface area contributed by atoms with Gasteiger partial charge in [-0.05, 0) is 43.7 Å². The first kappa shape index (κ1) is 21.1. The minimum absolute atomic E-state index is 0.0376. The molecular formula is C20H32O5. The van der Waals surface area contributed by atoms with Crippen LogP contribution in [0.2, 0.25) is 0 Å². The third kappa shape index (κ3) is 6.85. The summed E-state index contributed by atoms with van der Waals surface area (Å²) in [7, 11) is 0. The van der Waals surface area contributed by atoms with Gasteiger partial charge in [-0.3, -0.25) is 0 Å². The van der Waals surface area contributed by atoms with Crippen molar-refractivity contribution in [2.45, 2.75) is 78.6 Å². The highest BCUT2D eigenvalue weighted by molar-refractivity contribution is 5.66. The van der Waals surface area contributed by atoms with E-state index in [-0.39, 0.29) is 11.5 Å². The molecule has 0 amide bonds. The largest absolute Gasteiger partial charge is 0.511 e. The van der Waals surface area contributed by atoms with Gasteiger partial charge in [-0.15, -0.1) is 0 Å². The highest BCUT2D eigenvalue weighted by Crippen LogP contribution is 2.43. The van der Waals surface area contributed by atoms with E-state index in [4.69, 9.17) is 14.6 Å². The molecule has 1 aromatic carbocycles. The Bertz CT molecular complexity index is 539. The zero-order valence-electron chi connectivity index (χ0n) is 15.8. The predicted molar refractivity (Wildman–Crippen MR) is 99.0 cm³/mol. The molecule has 25 heavy (non-hydrogen) atoms. The van der Waals surface area contributed by atoms with Crippen molar-refractivity contribution >= 4 is 6.16 Å². The first-order chi connectivity index (χ1) is 12.0. The normalized spacial score (nSPS) is 10.7. The Morgan fingerprint density at radius 3 is 2.24 bits per heavy atom. The number of unbranched alkanes of at least 4 members (excludes halogenated alkanes) is 4. The highest BCUT2D eigenvalue weighted by Gasteiger charge is 2.21. The van der Waals surface area contributed by atoms with Gasteiger partial charge in [0.2, 0.25) is 5.75 Å². The molecule has 0 radical (unpaired) electrons. The molecule has 0 atom stereocenters. The first-order valence-electron chi connectivity index (χ1n) is 9.46. The van der Waals surface area contributed by atoms with Crippen molar-refractivity contribution < 1.29 is 24.5 Å². The summed E-state index contributed by atoms with van der Waals surface area (Å²) in [6, 6.07) is 1.66. The standard InChI is InChI=1S/C20H32O5/c1-4-7-10-13-24-19-16(12-9-6-3)15(11-8-5-2)14-17(18(19)21)25-20(22)23/h14,21H,4-13H2,1-3H3,(H,22,23). The Hall–Kier alpha value is -1.91. The summed E-state index contributed by atoms with van der Waals surface area (Å²) in [5.41, 5.74) is 2.00. The second-order valence-corrected chi connectivity index (χ2v) is 6.32. The van der Waals surface area contributed by atoms with Crippen LogP contribution in [-0.4, -0.2) is 23.0 Å². The number of phenols is 1. The zero-order chi connectivity index (χ0) is 18.7. The number of carboxylic acid groups (broad SMARTS) is 1. The Morgan fingerprint density at radius 1 is 1.00 bits per heavy atom. The summed E-state index contributed by atoms with van der Waals surface area (Å²) in [6.07, 6.45) is 7.28. The number of hydrogen-bond acceptors (Lipinski definition) is 4. The Labute approximate surface area is 151 Å². The zero-order valence-corrected chi connectivity index (χ0v) is 15.8. The number of carbonyl (C=O) groups is 1. The van der Waals surface area contributed by atoms with Gasteiger partial charge in [-0.25, -0.2) is 4.79 Å². The maximum atomic E-state index is 10.9.